The molecule has 6 nitrogen and oxygen atoms in total. The smallest absolute Gasteiger partial charge is 0.260 e. The summed E-state index contributed by atoms with van der Waals surface area (Å²) in [5.74, 6) is 0.678. The molecule has 1 N–H and O–H groups in total. The number of nitrogens with zero attached hydrogens (tertiary/aromatic N) is 3. The minimum Gasteiger partial charge on any atom is -0.484 e. The van der Waals surface area contributed by atoms with E-state index >= 15 is 0 Å². The molecule has 144 valence electrons. The number of amides is 1. The third kappa shape index (κ3) is 5.52. The van der Waals surface area contributed by atoms with Crippen LogP contribution in [0.4, 0.5) is 0 Å². The van der Waals surface area contributed by atoms with Crippen LogP contribution in [0.15, 0.2) is 48.5 Å². The molecular formula is C21H27N3O3. The summed E-state index contributed by atoms with van der Waals surface area (Å²) in [6, 6.07) is 15.5. The zero-order valence-corrected chi connectivity index (χ0v) is 15.8. The molecule has 1 aromatic carbocycles. The molecular weight excluding hydrogens is 342 g/mol. The van der Waals surface area contributed by atoms with Crippen LogP contribution in [0.3, 0.4) is 0 Å². The van der Waals surface area contributed by atoms with E-state index < -0.39 is 0 Å². The first-order chi connectivity index (χ1) is 13.2. The van der Waals surface area contributed by atoms with Crippen LogP contribution in [0.5, 0.6) is 5.75 Å². The van der Waals surface area contributed by atoms with Gasteiger partial charge in [0.15, 0.2) is 6.61 Å². The highest BCUT2D eigenvalue weighted by atomic mass is 16.5. The van der Waals surface area contributed by atoms with E-state index in [0.717, 1.165) is 24.5 Å². The van der Waals surface area contributed by atoms with Gasteiger partial charge in [0.25, 0.3) is 5.91 Å². The van der Waals surface area contributed by atoms with Gasteiger partial charge in [-0.3, -0.25) is 14.7 Å². The van der Waals surface area contributed by atoms with Crippen molar-refractivity contribution in [3.8, 4) is 5.75 Å². The molecule has 1 amide bonds. The molecule has 1 saturated heterocycles. The number of carbonyl (C=O) groups excluding carboxylic acids is 1. The van der Waals surface area contributed by atoms with E-state index in [0.29, 0.717) is 25.3 Å². The third-order valence-electron chi connectivity index (χ3n) is 4.84. The number of carbonyl (C=O) groups is 1. The Labute approximate surface area is 160 Å². The van der Waals surface area contributed by atoms with Gasteiger partial charge in [-0.15, -0.1) is 0 Å². The number of rotatable bonds is 7. The molecule has 0 unspecified atom stereocenters. The number of hydrogen-bond donors (Lipinski definition) is 1. The maximum absolute atomic E-state index is 12.5. The lowest BCUT2D eigenvalue weighted by Crippen LogP contribution is -2.55. The van der Waals surface area contributed by atoms with E-state index in [1.54, 1.807) is 0 Å². The summed E-state index contributed by atoms with van der Waals surface area (Å²) in [6.45, 7) is 4.87. The molecule has 0 radical (unpaired) electrons. The first kappa shape index (κ1) is 19.3. The Kier molecular flexibility index (Phi) is 6.79. The fraction of sp³-hybridized carbons (Fsp3) is 0.429. The topological polar surface area (TPSA) is 65.9 Å². The van der Waals surface area contributed by atoms with E-state index in [2.05, 4.69) is 9.88 Å². The van der Waals surface area contributed by atoms with Crippen molar-refractivity contribution >= 4 is 5.91 Å². The fourth-order valence-electron chi connectivity index (χ4n) is 3.40. The summed E-state index contributed by atoms with van der Waals surface area (Å²) in [4.78, 5) is 21.3. The molecule has 1 aromatic heterocycles. The standard InChI is InChI=1S/C21H27N3O3/c1-17-6-5-7-18(22-17)14-23-11-12-24(15-19(23)10-13-25)21(26)16-27-20-8-3-2-4-9-20/h2-9,19,25H,10-16H2,1H3/t19-/m0/s1. The van der Waals surface area contributed by atoms with E-state index in [-0.39, 0.29) is 25.2 Å². The van der Waals surface area contributed by atoms with Gasteiger partial charge in [-0.1, -0.05) is 24.3 Å². The van der Waals surface area contributed by atoms with Crippen molar-refractivity contribution in [1.29, 1.82) is 0 Å². The number of ether oxygens (including phenoxy) is 1. The van der Waals surface area contributed by atoms with Crippen LogP contribution in [0, 0.1) is 6.92 Å². The summed E-state index contributed by atoms with van der Waals surface area (Å²) in [5, 5.41) is 9.45. The minimum absolute atomic E-state index is 0.0184. The predicted octanol–water partition coefficient (Wildman–Crippen LogP) is 1.86. The number of piperazine rings is 1. The average Bonchev–Trinajstić information content (AvgIpc) is 2.68. The average molecular weight is 369 g/mol. The molecule has 0 aliphatic carbocycles. The van der Waals surface area contributed by atoms with Crippen molar-refractivity contribution < 1.29 is 14.6 Å². The Bertz CT molecular complexity index is 738. The van der Waals surface area contributed by atoms with E-state index in [1.807, 2.05) is 60.4 Å². The molecule has 0 bridgehead atoms. The van der Waals surface area contributed by atoms with Gasteiger partial charge in [-0.2, -0.15) is 0 Å². The molecule has 2 heterocycles. The Morgan fingerprint density at radius 2 is 2.00 bits per heavy atom. The number of pyridine rings is 1. The first-order valence-electron chi connectivity index (χ1n) is 9.39. The van der Waals surface area contributed by atoms with Crippen molar-refractivity contribution in [3.05, 3.63) is 59.9 Å². The van der Waals surface area contributed by atoms with Crippen LogP contribution >= 0.6 is 0 Å². The number of hydrogen-bond acceptors (Lipinski definition) is 5. The second kappa shape index (κ2) is 9.48. The van der Waals surface area contributed by atoms with Crippen LogP contribution in [0.2, 0.25) is 0 Å². The van der Waals surface area contributed by atoms with Crippen LogP contribution in [-0.4, -0.2) is 64.7 Å². The molecule has 1 aliphatic rings. The Balaban J connectivity index is 1.57. The molecule has 0 saturated carbocycles. The molecule has 6 heteroatoms. The highest BCUT2D eigenvalue weighted by Gasteiger charge is 2.29. The van der Waals surface area contributed by atoms with Gasteiger partial charge in [0.05, 0.1) is 5.69 Å². The van der Waals surface area contributed by atoms with Crippen LogP contribution in [-0.2, 0) is 11.3 Å². The van der Waals surface area contributed by atoms with E-state index in [1.165, 1.54) is 0 Å². The lowest BCUT2D eigenvalue weighted by molar-refractivity contribution is -0.136. The van der Waals surface area contributed by atoms with Gasteiger partial charge in [-0.05, 0) is 37.6 Å². The number of aryl methyl sites for hydroxylation is 1. The maximum Gasteiger partial charge on any atom is 0.260 e. The maximum atomic E-state index is 12.5. The van der Waals surface area contributed by atoms with Crippen molar-refractivity contribution in [2.24, 2.45) is 0 Å². The van der Waals surface area contributed by atoms with Gasteiger partial charge in [0, 0.05) is 44.5 Å². The molecule has 1 atom stereocenters. The quantitative estimate of drug-likeness (QED) is 0.807. The van der Waals surface area contributed by atoms with Gasteiger partial charge in [0.1, 0.15) is 5.75 Å². The monoisotopic (exact) mass is 369 g/mol. The lowest BCUT2D eigenvalue weighted by atomic mass is 10.1. The number of aliphatic hydroxyl groups excluding tert-OH is 1. The van der Waals surface area contributed by atoms with Crippen molar-refractivity contribution in [3.63, 3.8) is 0 Å². The zero-order chi connectivity index (χ0) is 19.1. The summed E-state index contributed by atoms with van der Waals surface area (Å²) < 4.78 is 5.59. The van der Waals surface area contributed by atoms with Crippen molar-refractivity contribution in [1.82, 2.24) is 14.8 Å². The lowest BCUT2D eigenvalue weighted by Gasteiger charge is -2.41. The summed E-state index contributed by atoms with van der Waals surface area (Å²) in [5.41, 5.74) is 2.02. The van der Waals surface area contributed by atoms with E-state index in [9.17, 15) is 9.90 Å². The highest BCUT2D eigenvalue weighted by Crippen LogP contribution is 2.17. The molecule has 0 spiro atoms. The first-order valence-corrected chi connectivity index (χ1v) is 9.39. The van der Waals surface area contributed by atoms with Crippen LogP contribution < -0.4 is 4.74 Å². The van der Waals surface area contributed by atoms with Crippen LogP contribution in [0.1, 0.15) is 17.8 Å². The fourth-order valence-corrected chi connectivity index (χ4v) is 3.40. The molecule has 2 aromatic rings. The Hall–Kier alpha value is -2.44. The Morgan fingerprint density at radius 1 is 1.19 bits per heavy atom. The van der Waals surface area contributed by atoms with Crippen molar-refractivity contribution in [2.75, 3.05) is 32.8 Å². The molecule has 27 heavy (non-hydrogen) atoms. The summed E-state index contributed by atoms with van der Waals surface area (Å²) in [6.07, 6.45) is 0.634. The summed E-state index contributed by atoms with van der Waals surface area (Å²) in [7, 11) is 0. The normalized spacial score (nSPS) is 17.7. The Morgan fingerprint density at radius 3 is 2.74 bits per heavy atom. The summed E-state index contributed by atoms with van der Waals surface area (Å²) >= 11 is 0. The minimum atomic E-state index is -0.0184. The largest absolute Gasteiger partial charge is 0.484 e. The van der Waals surface area contributed by atoms with Gasteiger partial charge < -0.3 is 14.7 Å². The SMILES string of the molecule is Cc1cccc(CN2CCN(C(=O)COc3ccccc3)C[C@@H]2CCO)n1. The number of aromatic nitrogens is 1. The third-order valence-corrected chi connectivity index (χ3v) is 4.84. The number of aliphatic hydroxyl groups is 1. The van der Waals surface area contributed by atoms with Crippen molar-refractivity contribution in [2.45, 2.75) is 25.9 Å². The number of para-hydroxylation sites is 1. The van der Waals surface area contributed by atoms with Crippen LogP contribution in [0.25, 0.3) is 0 Å². The zero-order valence-electron chi connectivity index (χ0n) is 15.8. The molecule has 3 rings (SSSR count). The van der Waals surface area contributed by atoms with Gasteiger partial charge >= 0.3 is 0 Å². The second-order valence-corrected chi connectivity index (χ2v) is 6.85. The van der Waals surface area contributed by atoms with Gasteiger partial charge in [0.2, 0.25) is 0 Å². The second-order valence-electron chi connectivity index (χ2n) is 6.85. The predicted molar refractivity (Wildman–Crippen MR) is 103 cm³/mol. The van der Waals surface area contributed by atoms with Gasteiger partial charge in [-0.25, -0.2) is 0 Å². The van der Waals surface area contributed by atoms with E-state index in [4.69, 9.17) is 4.74 Å². The molecule has 1 aliphatic heterocycles. The molecule has 1 fully saturated rings. The highest BCUT2D eigenvalue weighted by molar-refractivity contribution is 5.78. The number of benzene rings is 1.